The predicted molar refractivity (Wildman–Crippen MR) is 103 cm³/mol. The number of hydrogen-bond acceptors (Lipinski definition) is 3. The Hall–Kier alpha value is -3.61. The van der Waals surface area contributed by atoms with Crippen LogP contribution in [0, 0.1) is 6.92 Å². The van der Waals surface area contributed by atoms with Gasteiger partial charge in [-0.05, 0) is 48.4 Å². The molecule has 0 unspecified atom stereocenters. The average Bonchev–Trinajstić information content (AvgIpc) is 3.05. The van der Waals surface area contributed by atoms with Gasteiger partial charge < -0.3 is 0 Å². The Morgan fingerprint density at radius 1 is 0.926 bits per heavy atom. The monoisotopic (exact) mass is 362 g/mol. The van der Waals surface area contributed by atoms with Crippen LogP contribution in [0.25, 0.3) is 17.1 Å². The van der Waals surface area contributed by atoms with Crippen molar-refractivity contribution in [3.05, 3.63) is 69.6 Å². The molecule has 1 saturated heterocycles. The van der Waals surface area contributed by atoms with Crippen LogP contribution < -0.4 is 16.1 Å². The maximum absolute atomic E-state index is 12.7. The second kappa shape index (κ2) is 5.98. The minimum absolute atomic E-state index is 0.0526. The lowest BCUT2D eigenvalue weighted by Crippen LogP contribution is -2.35. The van der Waals surface area contributed by atoms with E-state index in [1.165, 1.54) is 9.58 Å². The van der Waals surface area contributed by atoms with Gasteiger partial charge in [-0.25, -0.2) is 9.80 Å². The Morgan fingerprint density at radius 3 is 2.41 bits per heavy atom. The molecule has 7 heteroatoms. The van der Waals surface area contributed by atoms with Gasteiger partial charge in [0.1, 0.15) is 5.57 Å². The molecule has 2 amide bonds. The summed E-state index contributed by atoms with van der Waals surface area (Å²) in [6.07, 6.45) is 1.55. The van der Waals surface area contributed by atoms with E-state index in [9.17, 15) is 14.4 Å². The number of carbonyl (C=O) groups is 2. The molecule has 0 aliphatic carbocycles. The van der Waals surface area contributed by atoms with E-state index in [1.807, 2.05) is 25.1 Å². The van der Waals surface area contributed by atoms with E-state index in [0.29, 0.717) is 11.3 Å². The summed E-state index contributed by atoms with van der Waals surface area (Å²) in [5.41, 5.74) is 6.31. The van der Waals surface area contributed by atoms with Crippen molar-refractivity contribution in [2.45, 2.75) is 6.92 Å². The first-order chi connectivity index (χ1) is 12.9. The van der Waals surface area contributed by atoms with Crippen LogP contribution in [0.5, 0.6) is 0 Å². The Bertz CT molecular complexity index is 1200. The molecule has 0 atom stereocenters. The van der Waals surface area contributed by atoms with Crippen LogP contribution in [0.3, 0.4) is 0 Å². The van der Waals surface area contributed by atoms with E-state index in [-0.39, 0.29) is 11.3 Å². The Morgan fingerprint density at radius 2 is 1.67 bits per heavy atom. The van der Waals surface area contributed by atoms with E-state index >= 15 is 0 Å². The number of aromatic nitrogens is 2. The predicted octanol–water partition coefficient (Wildman–Crippen LogP) is 1.65. The first kappa shape index (κ1) is 16.8. The third-order valence-electron chi connectivity index (χ3n) is 4.76. The first-order valence-corrected chi connectivity index (χ1v) is 8.46. The number of fused-ring (bicyclic) bond motifs is 1. The highest BCUT2D eigenvalue weighted by atomic mass is 16.2. The molecular formula is C20H18N4O3. The van der Waals surface area contributed by atoms with Gasteiger partial charge in [-0.2, -0.15) is 0 Å². The van der Waals surface area contributed by atoms with E-state index < -0.39 is 11.8 Å². The van der Waals surface area contributed by atoms with Gasteiger partial charge in [0.15, 0.2) is 0 Å². The third kappa shape index (κ3) is 2.64. The highest BCUT2D eigenvalue weighted by Crippen LogP contribution is 2.23. The number of aryl methyl sites for hydroxylation is 3. The largest absolute Gasteiger partial charge is 0.328 e. The smallest absolute Gasteiger partial charge is 0.295 e. The first-order valence-electron chi connectivity index (χ1n) is 8.46. The number of nitrogens with zero attached hydrogens (tertiary/aromatic N) is 3. The van der Waals surface area contributed by atoms with Crippen LogP contribution >= 0.6 is 0 Å². The molecule has 2 heterocycles. The zero-order valence-electron chi connectivity index (χ0n) is 15.2. The van der Waals surface area contributed by atoms with Crippen molar-refractivity contribution in [1.29, 1.82) is 0 Å². The molecule has 4 rings (SSSR count). The molecule has 0 spiro atoms. The number of benzene rings is 2. The molecule has 0 bridgehead atoms. The van der Waals surface area contributed by atoms with Crippen molar-refractivity contribution >= 4 is 34.6 Å². The van der Waals surface area contributed by atoms with Gasteiger partial charge in [0, 0.05) is 14.1 Å². The third-order valence-corrected chi connectivity index (χ3v) is 4.76. The molecule has 0 radical (unpaired) electrons. The zero-order valence-corrected chi connectivity index (χ0v) is 15.2. The molecule has 1 aliphatic heterocycles. The number of anilines is 1. The molecule has 136 valence electrons. The van der Waals surface area contributed by atoms with Crippen molar-refractivity contribution in [2.24, 2.45) is 14.1 Å². The fourth-order valence-corrected chi connectivity index (χ4v) is 3.29. The maximum atomic E-state index is 12.7. The van der Waals surface area contributed by atoms with Gasteiger partial charge >= 0.3 is 5.69 Å². The molecule has 0 saturated carbocycles. The van der Waals surface area contributed by atoms with Gasteiger partial charge in [0.2, 0.25) is 0 Å². The van der Waals surface area contributed by atoms with Crippen LogP contribution in [0.2, 0.25) is 0 Å². The molecule has 27 heavy (non-hydrogen) atoms. The van der Waals surface area contributed by atoms with Gasteiger partial charge in [-0.3, -0.25) is 24.1 Å². The average molecular weight is 362 g/mol. The Labute approximate surface area is 155 Å². The van der Waals surface area contributed by atoms with Crippen molar-refractivity contribution in [2.75, 3.05) is 5.01 Å². The number of amides is 2. The summed E-state index contributed by atoms with van der Waals surface area (Å²) < 4.78 is 3.09. The van der Waals surface area contributed by atoms with Crippen molar-refractivity contribution in [3.8, 4) is 0 Å². The van der Waals surface area contributed by atoms with Crippen molar-refractivity contribution in [3.63, 3.8) is 0 Å². The highest BCUT2D eigenvalue weighted by Gasteiger charge is 2.34. The molecule has 1 fully saturated rings. The fraction of sp³-hybridized carbons (Fsp3) is 0.150. The van der Waals surface area contributed by atoms with E-state index in [1.54, 1.807) is 49.0 Å². The van der Waals surface area contributed by atoms with Crippen LogP contribution in [0.1, 0.15) is 11.1 Å². The van der Waals surface area contributed by atoms with Gasteiger partial charge in [0.25, 0.3) is 11.8 Å². The number of hydrazine groups is 1. The van der Waals surface area contributed by atoms with Crippen molar-refractivity contribution in [1.82, 2.24) is 14.6 Å². The molecule has 1 aromatic heterocycles. The molecule has 3 aromatic rings. The highest BCUT2D eigenvalue weighted by molar-refractivity contribution is 6.31. The summed E-state index contributed by atoms with van der Waals surface area (Å²) in [5, 5.41) is 1.25. The Kier molecular flexibility index (Phi) is 3.73. The van der Waals surface area contributed by atoms with Crippen LogP contribution in [0.15, 0.2) is 52.8 Å². The lowest BCUT2D eigenvalue weighted by Gasteiger charge is -2.14. The van der Waals surface area contributed by atoms with Gasteiger partial charge in [-0.1, -0.05) is 18.2 Å². The lowest BCUT2D eigenvalue weighted by molar-refractivity contribution is -0.117. The summed E-state index contributed by atoms with van der Waals surface area (Å²) in [7, 11) is 3.39. The van der Waals surface area contributed by atoms with E-state index in [0.717, 1.165) is 16.6 Å². The van der Waals surface area contributed by atoms with E-state index in [4.69, 9.17) is 0 Å². The number of carbonyl (C=O) groups excluding carboxylic acids is 2. The van der Waals surface area contributed by atoms with Gasteiger partial charge in [0.05, 0.1) is 16.7 Å². The zero-order chi connectivity index (χ0) is 19.3. The van der Waals surface area contributed by atoms with Gasteiger partial charge in [-0.15, -0.1) is 0 Å². The number of imidazole rings is 1. The maximum Gasteiger partial charge on any atom is 0.328 e. The number of rotatable bonds is 2. The minimum atomic E-state index is -0.455. The molecule has 1 aliphatic rings. The summed E-state index contributed by atoms with van der Waals surface area (Å²) in [6.45, 7) is 1.92. The standard InChI is InChI=1S/C20H18N4O3/c1-12-5-4-6-14(9-12)24-19(26)15(18(25)21-24)10-13-7-8-16-17(11-13)23(3)20(27)22(16)2/h4-11H,1-3H3,(H,21,25)/b15-10+. The second-order valence-corrected chi connectivity index (χ2v) is 6.63. The molecular weight excluding hydrogens is 344 g/mol. The number of hydrogen-bond donors (Lipinski definition) is 1. The second-order valence-electron chi connectivity index (χ2n) is 6.63. The molecule has 7 nitrogen and oxygen atoms in total. The summed E-state index contributed by atoms with van der Waals surface area (Å²) >= 11 is 0. The number of nitrogens with one attached hydrogen (secondary N) is 1. The van der Waals surface area contributed by atoms with E-state index in [2.05, 4.69) is 5.43 Å². The lowest BCUT2D eigenvalue weighted by atomic mass is 10.1. The molecule has 1 N–H and O–H groups in total. The quantitative estimate of drug-likeness (QED) is 0.556. The topological polar surface area (TPSA) is 76.3 Å². The summed E-state index contributed by atoms with van der Waals surface area (Å²) in [6, 6.07) is 12.7. The normalized spacial score (nSPS) is 15.8. The Balaban J connectivity index is 1.75. The van der Waals surface area contributed by atoms with Crippen LogP contribution in [-0.4, -0.2) is 20.9 Å². The van der Waals surface area contributed by atoms with Crippen LogP contribution in [-0.2, 0) is 23.7 Å². The summed E-state index contributed by atoms with van der Waals surface area (Å²) in [4.78, 5) is 37.1. The van der Waals surface area contributed by atoms with Crippen LogP contribution in [0.4, 0.5) is 5.69 Å². The van der Waals surface area contributed by atoms with Crippen molar-refractivity contribution < 1.29 is 9.59 Å². The minimum Gasteiger partial charge on any atom is -0.295 e. The fourth-order valence-electron chi connectivity index (χ4n) is 3.29. The molecule has 2 aromatic carbocycles. The SMILES string of the molecule is Cc1cccc(N2NC(=O)/C(=C\c3ccc4c(c3)n(C)c(=O)n4C)C2=O)c1. The summed E-state index contributed by atoms with van der Waals surface area (Å²) in [5.74, 6) is -0.865.